The highest BCUT2D eigenvalue weighted by Crippen LogP contribution is 2.27. The molecule has 3 rings (SSSR count). The summed E-state index contributed by atoms with van der Waals surface area (Å²) in [5, 5.41) is 11.0. The van der Waals surface area contributed by atoms with E-state index in [0.717, 1.165) is 24.5 Å². The molecule has 2 aromatic rings. The normalized spacial score (nSPS) is 21.8. The number of aryl methyl sites for hydroxylation is 1. The van der Waals surface area contributed by atoms with Crippen molar-refractivity contribution in [2.45, 2.75) is 19.4 Å². The summed E-state index contributed by atoms with van der Waals surface area (Å²) in [6.45, 7) is 3.31. The second kappa shape index (κ2) is 6.00. The molecule has 0 amide bonds. The van der Waals surface area contributed by atoms with Crippen molar-refractivity contribution >= 4 is 17.4 Å². The van der Waals surface area contributed by atoms with Crippen LogP contribution < -0.4 is 4.90 Å². The van der Waals surface area contributed by atoms with Crippen molar-refractivity contribution in [2.75, 3.05) is 18.0 Å². The Morgan fingerprint density at radius 1 is 1.24 bits per heavy atom. The number of hydrogen-bond acceptors (Lipinski definition) is 4. The fraction of sp³-hybridized carbons (Fsp3) is 0.375. The molecule has 0 aliphatic carbocycles. The van der Waals surface area contributed by atoms with Crippen LogP contribution in [0.5, 0.6) is 0 Å². The zero-order valence-corrected chi connectivity index (χ0v) is 12.7. The molecular formula is C16H18ClN3O. The molecule has 0 spiro atoms. The lowest BCUT2D eigenvalue weighted by molar-refractivity contribution is 0.148. The van der Waals surface area contributed by atoms with Crippen LogP contribution in [0.25, 0.3) is 0 Å². The molecule has 4 nitrogen and oxygen atoms in total. The van der Waals surface area contributed by atoms with E-state index in [9.17, 15) is 5.11 Å². The fourth-order valence-corrected chi connectivity index (χ4v) is 2.88. The number of hydrogen-bond donors (Lipinski definition) is 1. The lowest BCUT2D eigenvalue weighted by Gasteiger charge is -2.17. The number of halogens is 1. The Balaban J connectivity index is 1.72. The third kappa shape index (κ3) is 3.17. The third-order valence-corrected chi connectivity index (χ3v) is 4.38. The van der Waals surface area contributed by atoms with Crippen LogP contribution in [0.1, 0.15) is 11.3 Å². The van der Waals surface area contributed by atoms with Gasteiger partial charge in [-0.05, 0) is 43.2 Å². The summed E-state index contributed by atoms with van der Waals surface area (Å²) in [6, 6.07) is 7.78. The van der Waals surface area contributed by atoms with Crippen molar-refractivity contribution in [1.82, 2.24) is 9.97 Å². The minimum atomic E-state index is -0.337. The van der Waals surface area contributed by atoms with Crippen molar-refractivity contribution in [1.29, 1.82) is 0 Å². The first-order valence-corrected chi connectivity index (χ1v) is 7.46. The first kappa shape index (κ1) is 14.3. The molecular weight excluding hydrogens is 286 g/mol. The molecule has 110 valence electrons. The summed E-state index contributed by atoms with van der Waals surface area (Å²) in [6.07, 6.45) is 4.10. The topological polar surface area (TPSA) is 49.2 Å². The van der Waals surface area contributed by atoms with Crippen molar-refractivity contribution in [3.8, 4) is 0 Å². The number of aromatic nitrogens is 2. The smallest absolute Gasteiger partial charge is 0.128 e. The van der Waals surface area contributed by atoms with Gasteiger partial charge >= 0.3 is 0 Å². The van der Waals surface area contributed by atoms with Crippen LogP contribution in [0.15, 0.2) is 36.7 Å². The van der Waals surface area contributed by atoms with Crippen LogP contribution in [0.2, 0.25) is 5.02 Å². The van der Waals surface area contributed by atoms with E-state index in [0.29, 0.717) is 11.6 Å². The second-order valence-corrected chi connectivity index (χ2v) is 5.94. The second-order valence-electron chi connectivity index (χ2n) is 5.53. The van der Waals surface area contributed by atoms with Gasteiger partial charge < -0.3 is 10.0 Å². The van der Waals surface area contributed by atoms with Gasteiger partial charge in [-0.2, -0.15) is 0 Å². The van der Waals surface area contributed by atoms with Crippen molar-refractivity contribution < 1.29 is 5.11 Å². The maximum Gasteiger partial charge on any atom is 0.128 e. The van der Waals surface area contributed by atoms with E-state index in [1.807, 2.05) is 31.2 Å². The van der Waals surface area contributed by atoms with Gasteiger partial charge in [0.25, 0.3) is 0 Å². The van der Waals surface area contributed by atoms with E-state index < -0.39 is 0 Å². The lowest BCUT2D eigenvalue weighted by Crippen LogP contribution is -2.22. The molecule has 0 bridgehead atoms. The molecule has 2 atom stereocenters. The molecule has 1 N–H and O–H groups in total. The third-order valence-electron chi connectivity index (χ3n) is 3.98. The van der Waals surface area contributed by atoms with E-state index in [-0.39, 0.29) is 12.0 Å². The van der Waals surface area contributed by atoms with Crippen LogP contribution in [0.3, 0.4) is 0 Å². The summed E-state index contributed by atoms with van der Waals surface area (Å²) in [5.74, 6) is 1.10. The van der Waals surface area contributed by atoms with Gasteiger partial charge in [0.2, 0.25) is 0 Å². The van der Waals surface area contributed by atoms with Gasteiger partial charge in [0, 0.05) is 31.4 Å². The van der Waals surface area contributed by atoms with Gasteiger partial charge in [0.1, 0.15) is 5.82 Å². The van der Waals surface area contributed by atoms with Crippen LogP contribution >= 0.6 is 11.6 Å². The highest BCUT2D eigenvalue weighted by atomic mass is 35.5. The summed E-state index contributed by atoms with van der Waals surface area (Å²) in [7, 11) is 0. The monoisotopic (exact) mass is 303 g/mol. The first-order chi connectivity index (χ1) is 10.1. The van der Waals surface area contributed by atoms with Crippen LogP contribution in [0, 0.1) is 12.8 Å². The molecule has 0 aromatic carbocycles. The number of aliphatic hydroxyl groups is 1. The van der Waals surface area contributed by atoms with Crippen LogP contribution in [-0.4, -0.2) is 34.3 Å². The SMILES string of the molecule is Cc1nc(N2C[C@@H](Cc3ccncc3)[C@@H](O)C2)ccc1Cl. The highest BCUT2D eigenvalue weighted by molar-refractivity contribution is 6.31. The van der Waals surface area contributed by atoms with Gasteiger partial charge in [0.05, 0.1) is 16.8 Å². The number of rotatable bonds is 3. The molecule has 21 heavy (non-hydrogen) atoms. The summed E-state index contributed by atoms with van der Waals surface area (Å²) < 4.78 is 0. The van der Waals surface area contributed by atoms with Crippen molar-refractivity contribution in [3.05, 3.63) is 52.9 Å². The molecule has 2 aromatic heterocycles. The van der Waals surface area contributed by atoms with Gasteiger partial charge in [-0.1, -0.05) is 11.6 Å². The van der Waals surface area contributed by atoms with Crippen LogP contribution in [0.4, 0.5) is 5.82 Å². The number of nitrogens with zero attached hydrogens (tertiary/aromatic N) is 3. The molecule has 1 saturated heterocycles. The van der Waals surface area contributed by atoms with E-state index in [1.165, 1.54) is 5.56 Å². The molecule has 5 heteroatoms. The quantitative estimate of drug-likeness (QED) is 0.946. The molecule has 1 aliphatic heterocycles. The number of aliphatic hydroxyl groups excluding tert-OH is 1. The maximum absolute atomic E-state index is 10.3. The minimum absolute atomic E-state index is 0.213. The molecule has 0 saturated carbocycles. The summed E-state index contributed by atoms with van der Waals surface area (Å²) >= 11 is 6.02. The average molecular weight is 304 g/mol. The molecule has 3 heterocycles. The summed E-state index contributed by atoms with van der Waals surface area (Å²) in [4.78, 5) is 10.7. The van der Waals surface area contributed by atoms with Crippen molar-refractivity contribution in [3.63, 3.8) is 0 Å². The highest BCUT2D eigenvalue weighted by Gasteiger charge is 2.32. The Morgan fingerprint density at radius 2 is 2.00 bits per heavy atom. The standard InChI is InChI=1S/C16H18ClN3O/c1-11-14(17)2-3-16(19-11)20-9-13(15(21)10-20)8-12-4-6-18-7-5-12/h2-7,13,15,21H,8-10H2,1H3/t13-,15+/m1/s1. The number of β-amino-alcohol motifs (C(OH)–C–C–N with tert-alkyl or cyclic N) is 1. The largest absolute Gasteiger partial charge is 0.391 e. The zero-order chi connectivity index (χ0) is 14.8. The zero-order valence-electron chi connectivity index (χ0n) is 11.9. The Kier molecular flexibility index (Phi) is 4.08. The van der Waals surface area contributed by atoms with Gasteiger partial charge in [0.15, 0.2) is 0 Å². The Hall–Kier alpha value is -1.65. The molecule has 1 fully saturated rings. The van der Waals surface area contributed by atoms with Gasteiger partial charge in [-0.3, -0.25) is 4.98 Å². The Bertz CT molecular complexity index is 620. The van der Waals surface area contributed by atoms with Crippen molar-refractivity contribution in [2.24, 2.45) is 5.92 Å². The predicted molar refractivity (Wildman–Crippen MR) is 83.6 cm³/mol. The Labute approximate surface area is 129 Å². The van der Waals surface area contributed by atoms with Gasteiger partial charge in [-0.25, -0.2) is 4.98 Å². The maximum atomic E-state index is 10.3. The van der Waals surface area contributed by atoms with E-state index >= 15 is 0 Å². The number of anilines is 1. The van der Waals surface area contributed by atoms with Gasteiger partial charge in [-0.15, -0.1) is 0 Å². The van der Waals surface area contributed by atoms with E-state index in [4.69, 9.17) is 11.6 Å². The Morgan fingerprint density at radius 3 is 2.71 bits per heavy atom. The average Bonchev–Trinajstić information content (AvgIpc) is 2.84. The fourth-order valence-electron chi connectivity index (χ4n) is 2.77. The van der Waals surface area contributed by atoms with E-state index in [2.05, 4.69) is 14.9 Å². The number of pyridine rings is 2. The summed E-state index contributed by atoms with van der Waals surface area (Å²) in [5.41, 5.74) is 2.03. The predicted octanol–water partition coefficient (Wildman–Crippen LogP) is 2.48. The van der Waals surface area contributed by atoms with E-state index in [1.54, 1.807) is 12.4 Å². The minimum Gasteiger partial charge on any atom is -0.391 e. The molecule has 0 unspecified atom stereocenters. The first-order valence-electron chi connectivity index (χ1n) is 7.08. The van der Waals surface area contributed by atoms with Crippen LogP contribution in [-0.2, 0) is 6.42 Å². The molecule has 1 aliphatic rings. The lowest BCUT2D eigenvalue weighted by atomic mass is 9.97. The molecule has 0 radical (unpaired) electrons.